The van der Waals surface area contributed by atoms with Gasteiger partial charge in [0, 0.05) is 18.3 Å². The van der Waals surface area contributed by atoms with Crippen molar-refractivity contribution in [3.8, 4) is 0 Å². The van der Waals surface area contributed by atoms with Crippen LogP contribution in [0.25, 0.3) is 6.08 Å². The predicted molar refractivity (Wildman–Crippen MR) is 122 cm³/mol. The fraction of sp³-hybridized carbons (Fsp3) is 0.192. The molecule has 0 radical (unpaired) electrons. The Bertz CT molecular complexity index is 993. The van der Waals surface area contributed by atoms with E-state index in [1.807, 2.05) is 56.3 Å². The highest BCUT2D eigenvalue weighted by Gasteiger charge is 2.08. The van der Waals surface area contributed by atoms with E-state index < -0.39 is 0 Å². The standard InChI is InChI=1S/C26H28N2O/c1-19-12-13-20(2)23(16-19)14-15-26(29)28-21(3)24-10-7-11-25(17-24)27-18-22-8-5-4-6-9-22/h4-17,21,27H,18H2,1-3H3,(H,28,29)/b15-14+/t21-/m0/s1. The Morgan fingerprint density at radius 2 is 1.76 bits per heavy atom. The first-order valence-electron chi connectivity index (χ1n) is 9.95. The summed E-state index contributed by atoms with van der Waals surface area (Å²) in [4.78, 5) is 12.4. The predicted octanol–water partition coefficient (Wildman–Crippen LogP) is 5.81. The Balaban J connectivity index is 1.59. The van der Waals surface area contributed by atoms with E-state index in [9.17, 15) is 4.79 Å². The molecule has 0 unspecified atom stereocenters. The van der Waals surface area contributed by atoms with Crippen molar-refractivity contribution in [2.45, 2.75) is 33.4 Å². The van der Waals surface area contributed by atoms with Crippen LogP contribution in [0.3, 0.4) is 0 Å². The number of hydrogen-bond acceptors (Lipinski definition) is 2. The van der Waals surface area contributed by atoms with Gasteiger partial charge in [0.25, 0.3) is 0 Å². The Labute approximate surface area is 173 Å². The largest absolute Gasteiger partial charge is 0.381 e. The second kappa shape index (κ2) is 9.74. The Morgan fingerprint density at radius 1 is 0.966 bits per heavy atom. The third-order valence-electron chi connectivity index (χ3n) is 4.93. The lowest BCUT2D eigenvalue weighted by molar-refractivity contribution is -0.117. The summed E-state index contributed by atoms with van der Waals surface area (Å²) in [5.41, 5.74) is 6.75. The second-order valence-corrected chi connectivity index (χ2v) is 7.39. The van der Waals surface area contributed by atoms with E-state index in [4.69, 9.17) is 0 Å². The maximum atomic E-state index is 12.4. The number of amides is 1. The van der Waals surface area contributed by atoms with Crippen LogP contribution in [0.5, 0.6) is 0 Å². The molecule has 3 heteroatoms. The fourth-order valence-corrected chi connectivity index (χ4v) is 3.17. The maximum absolute atomic E-state index is 12.4. The molecule has 3 aromatic rings. The van der Waals surface area contributed by atoms with Crippen LogP contribution in [-0.2, 0) is 11.3 Å². The number of carbonyl (C=O) groups excluding carboxylic acids is 1. The fourth-order valence-electron chi connectivity index (χ4n) is 3.17. The SMILES string of the molecule is Cc1ccc(C)c(/C=C/C(=O)N[C@@H](C)c2cccc(NCc3ccccc3)c2)c1. The van der Waals surface area contributed by atoms with Crippen molar-refractivity contribution in [2.24, 2.45) is 0 Å². The lowest BCUT2D eigenvalue weighted by atomic mass is 10.0. The van der Waals surface area contributed by atoms with Crippen LogP contribution >= 0.6 is 0 Å². The van der Waals surface area contributed by atoms with Gasteiger partial charge < -0.3 is 10.6 Å². The summed E-state index contributed by atoms with van der Waals surface area (Å²) in [5, 5.41) is 6.49. The van der Waals surface area contributed by atoms with Gasteiger partial charge >= 0.3 is 0 Å². The number of carbonyl (C=O) groups is 1. The molecule has 148 valence electrons. The van der Waals surface area contributed by atoms with Gasteiger partial charge in [0.05, 0.1) is 6.04 Å². The van der Waals surface area contributed by atoms with Crippen LogP contribution in [0.1, 0.15) is 40.8 Å². The minimum atomic E-state index is -0.0962. The van der Waals surface area contributed by atoms with Crippen molar-refractivity contribution in [3.05, 3.63) is 107 Å². The van der Waals surface area contributed by atoms with Crippen LogP contribution in [0.2, 0.25) is 0 Å². The molecule has 2 N–H and O–H groups in total. The molecule has 0 fully saturated rings. The van der Waals surface area contributed by atoms with E-state index in [1.165, 1.54) is 11.1 Å². The van der Waals surface area contributed by atoms with Crippen LogP contribution < -0.4 is 10.6 Å². The molecule has 0 spiro atoms. The number of aryl methyl sites for hydroxylation is 2. The minimum Gasteiger partial charge on any atom is -0.381 e. The van der Waals surface area contributed by atoms with Crippen LogP contribution in [-0.4, -0.2) is 5.91 Å². The molecule has 0 saturated carbocycles. The number of hydrogen-bond donors (Lipinski definition) is 2. The van der Waals surface area contributed by atoms with Gasteiger partial charge in [0.1, 0.15) is 0 Å². The highest BCUT2D eigenvalue weighted by atomic mass is 16.1. The maximum Gasteiger partial charge on any atom is 0.244 e. The summed E-state index contributed by atoms with van der Waals surface area (Å²) >= 11 is 0. The highest BCUT2D eigenvalue weighted by Crippen LogP contribution is 2.18. The van der Waals surface area contributed by atoms with Crippen molar-refractivity contribution in [1.29, 1.82) is 0 Å². The van der Waals surface area contributed by atoms with E-state index in [1.54, 1.807) is 6.08 Å². The zero-order chi connectivity index (χ0) is 20.6. The summed E-state index contributed by atoms with van der Waals surface area (Å²) in [6.07, 6.45) is 3.48. The molecular weight excluding hydrogens is 356 g/mol. The van der Waals surface area contributed by atoms with Crippen LogP contribution in [0, 0.1) is 13.8 Å². The third-order valence-corrected chi connectivity index (χ3v) is 4.93. The van der Waals surface area contributed by atoms with Crippen molar-refractivity contribution in [1.82, 2.24) is 5.32 Å². The molecule has 0 bridgehead atoms. The van der Waals surface area contributed by atoms with Gasteiger partial charge in [0.2, 0.25) is 5.91 Å². The first-order chi connectivity index (χ1) is 14.0. The van der Waals surface area contributed by atoms with Gasteiger partial charge in [-0.3, -0.25) is 4.79 Å². The van der Waals surface area contributed by atoms with Crippen LogP contribution in [0.15, 0.2) is 78.9 Å². The molecule has 0 saturated heterocycles. The molecule has 0 aliphatic heterocycles. The molecule has 0 heterocycles. The van der Waals surface area contributed by atoms with E-state index >= 15 is 0 Å². The van der Waals surface area contributed by atoms with E-state index in [0.717, 1.165) is 28.9 Å². The average Bonchev–Trinajstić information content (AvgIpc) is 2.74. The van der Waals surface area contributed by atoms with Gasteiger partial charge in [-0.05, 0) is 61.2 Å². The molecule has 29 heavy (non-hydrogen) atoms. The first kappa shape index (κ1) is 20.4. The first-order valence-corrected chi connectivity index (χ1v) is 9.95. The summed E-state index contributed by atoms with van der Waals surface area (Å²) in [6.45, 7) is 6.87. The topological polar surface area (TPSA) is 41.1 Å². The van der Waals surface area contributed by atoms with Crippen molar-refractivity contribution >= 4 is 17.7 Å². The third kappa shape index (κ3) is 6.08. The smallest absolute Gasteiger partial charge is 0.244 e. The molecule has 0 aliphatic carbocycles. The number of rotatable bonds is 7. The molecule has 1 amide bonds. The average molecular weight is 385 g/mol. The molecular formula is C26H28N2O. The highest BCUT2D eigenvalue weighted by molar-refractivity contribution is 5.92. The minimum absolute atomic E-state index is 0.0794. The molecule has 3 nitrogen and oxygen atoms in total. The summed E-state index contributed by atoms with van der Waals surface area (Å²) in [6, 6.07) is 24.6. The quantitative estimate of drug-likeness (QED) is 0.505. The second-order valence-electron chi connectivity index (χ2n) is 7.39. The molecule has 0 aliphatic rings. The summed E-state index contributed by atoms with van der Waals surface area (Å²) in [5.74, 6) is -0.0962. The van der Waals surface area contributed by atoms with Gasteiger partial charge in [-0.15, -0.1) is 0 Å². The Kier molecular flexibility index (Phi) is 6.85. The zero-order valence-corrected chi connectivity index (χ0v) is 17.3. The Morgan fingerprint density at radius 3 is 2.55 bits per heavy atom. The number of anilines is 1. The zero-order valence-electron chi connectivity index (χ0n) is 17.3. The Hall–Kier alpha value is -3.33. The van der Waals surface area contributed by atoms with E-state index in [2.05, 4.69) is 54.0 Å². The number of benzene rings is 3. The van der Waals surface area contributed by atoms with Crippen molar-refractivity contribution in [2.75, 3.05) is 5.32 Å². The van der Waals surface area contributed by atoms with Gasteiger partial charge in [-0.2, -0.15) is 0 Å². The molecule has 3 rings (SSSR count). The number of nitrogens with one attached hydrogen (secondary N) is 2. The molecule has 3 aromatic carbocycles. The lowest BCUT2D eigenvalue weighted by Gasteiger charge is -2.15. The lowest BCUT2D eigenvalue weighted by Crippen LogP contribution is -2.24. The van der Waals surface area contributed by atoms with Gasteiger partial charge in [-0.1, -0.05) is 66.2 Å². The van der Waals surface area contributed by atoms with Crippen molar-refractivity contribution < 1.29 is 4.79 Å². The van der Waals surface area contributed by atoms with Crippen LogP contribution in [0.4, 0.5) is 5.69 Å². The molecule has 1 atom stereocenters. The summed E-state index contributed by atoms with van der Waals surface area (Å²) in [7, 11) is 0. The van der Waals surface area contributed by atoms with Crippen molar-refractivity contribution in [3.63, 3.8) is 0 Å². The van der Waals surface area contributed by atoms with E-state index in [-0.39, 0.29) is 11.9 Å². The monoisotopic (exact) mass is 384 g/mol. The van der Waals surface area contributed by atoms with Gasteiger partial charge in [-0.25, -0.2) is 0 Å². The van der Waals surface area contributed by atoms with E-state index in [0.29, 0.717) is 0 Å². The normalized spacial score (nSPS) is 12.0. The summed E-state index contributed by atoms with van der Waals surface area (Å²) < 4.78 is 0. The molecule has 0 aromatic heterocycles. The van der Waals surface area contributed by atoms with Gasteiger partial charge in [0.15, 0.2) is 0 Å².